The Labute approximate surface area is 183 Å². The first-order valence-corrected chi connectivity index (χ1v) is 10.2. The molecule has 0 saturated heterocycles. The van der Waals surface area contributed by atoms with Crippen molar-refractivity contribution in [3.63, 3.8) is 0 Å². The van der Waals surface area contributed by atoms with E-state index >= 15 is 0 Å². The smallest absolute Gasteiger partial charge is 0.339 e. The third-order valence-corrected chi connectivity index (χ3v) is 5.01. The fourth-order valence-corrected chi connectivity index (χ4v) is 3.39. The largest absolute Gasteiger partial charge is 0.490 e. The van der Waals surface area contributed by atoms with Gasteiger partial charge in [0.15, 0.2) is 17.4 Å². The third kappa shape index (κ3) is 4.77. The van der Waals surface area contributed by atoms with E-state index in [1.165, 1.54) is 24.3 Å². The summed E-state index contributed by atoms with van der Waals surface area (Å²) in [6.45, 7) is 2.11. The number of ether oxygens (including phenoxy) is 2. The van der Waals surface area contributed by atoms with Gasteiger partial charge in [0.05, 0.1) is 18.9 Å². The molecule has 166 valence electrons. The average molecular weight is 441 g/mol. The van der Waals surface area contributed by atoms with Crippen molar-refractivity contribution in [1.82, 2.24) is 9.97 Å². The highest BCUT2D eigenvalue weighted by Gasteiger charge is 2.17. The van der Waals surface area contributed by atoms with E-state index in [-0.39, 0.29) is 41.4 Å². The molecule has 2 N–H and O–H groups in total. The molecule has 2 aromatic carbocycles. The minimum atomic E-state index is -1.11. The SMILES string of the molecule is CC1CCCCOc2cc(ccc2F)-c2nc(ncc2F)Nc2ccc(C(=O)O)c(c2)O1. The summed E-state index contributed by atoms with van der Waals surface area (Å²) in [6.07, 6.45) is 2.76. The number of halogens is 2. The van der Waals surface area contributed by atoms with Crippen LogP contribution in [0.2, 0.25) is 0 Å². The zero-order valence-corrected chi connectivity index (χ0v) is 17.3. The van der Waals surface area contributed by atoms with Gasteiger partial charge in [-0.1, -0.05) is 0 Å². The van der Waals surface area contributed by atoms with Gasteiger partial charge in [-0.2, -0.15) is 0 Å². The molecule has 1 aliphatic rings. The Morgan fingerprint density at radius 3 is 2.78 bits per heavy atom. The first-order chi connectivity index (χ1) is 15.4. The summed E-state index contributed by atoms with van der Waals surface area (Å²) in [7, 11) is 0. The van der Waals surface area contributed by atoms with Gasteiger partial charge in [0.25, 0.3) is 0 Å². The van der Waals surface area contributed by atoms with Crippen molar-refractivity contribution in [2.45, 2.75) is 32.3 Å². The maximum absolute atomic E-state index is 14.5. The summed E-state index contributed by atoms with van der Waals surface area (Å²) in [4.78, 5) is 19.8. The molecule has 3 aromatic rings. The number of fused-ring (bicyclic) bond motifs is 7. The molecule has 0 aliphatic carbocycles. The van der Waals surface area contributed by atoms with E-state index in [0.717, 1.165) is 12.6 Å². The van der Waals surface area contributed by atoms with Gasteiger partial charge >= 0.3 is 5.97 Å². The lowest BCUT2D eigenvalue weighted by Crippen LogP contribution is -2.15. The minimum Gasteiger partial charge on any atom is -0.490 e. The Balaban J connectivity index is 1.77. The fourth-order valence-electron chi connectivity index (χ4n) is 3.39. The Kier molecular flexibility index (Phi) is 6.16. The second kappa shape index (κ2) is 9.17. The quantitative estimate of drug-likeness (QED) is 0.536. The van der Waals surface area contributed by atoms with Crippen LogP contribution in [-0.2, 0) is 0 Å². The van der Waals surface area contributed by atoms with Gasteiger partial charge in [-0.05, 0) is 56.5 Å². The summed E-state index contributed by atoms with van der Waals surface area (Å²) >= 11 is 0. The molecule has 0 saturated carbocycles. The summed E-state index contributed by atoms with van der Waals surface area (Å²) < 4.78 is 40.1. The average Bonchev–Trinajstić information content (AvgIpc) is 2.75. The number of rotatable bonds is 1. The molecule has 1 unspecified atom stereocenters. The number of carbonyl (C=O) groups is 1. The second-order valence-corrected chi connectivity index (χ2v) is 7.45. The van der Waals surface area contributed by atoms with Crippen molar-refractivity contribution in [1.29, 1.82) is 0 Å². The maximum atomic E-state index is 14.5. The van der Waals surface area contributed by atoms with Crippen LogP contribution in [-0.4, -0.2) is 33.8 Å². The number of aromatic carboxylic acids is 1. The van der Waals surface area contributed by atoms with Crippen LogP contribution in [0.3, 0.4) is 0 Å². The Bertz CT molecular complexity index is 1160. The number of carboxylic acids is 1. The van der Waals surface area contributed by atoms with Gasteiger partial charge in [-0.15, -0.1) is 0 Å². The Morgan fingerprint density at radius 1 is 1.12 bits per heavy atom. The monoisotopic (exact) mass is 441 g/mol. The number of benzene rings is 2. The van der Waals surface area contributed by atoms with Crippen LogP contribution >= 0.6 is 0 Å². The van der Waals surface area contributed by atoms with Crippen molar-refractivity contribution in [3.05, 3.63) is 59.8 Å². The number of hydrogen-bond donors (Lipinski definition) is 2. The molecule has 32 heavy (non-hydrogen) atoms. The van der Waals surface area contributed by atoms with Gasteiger partial charge in [0, 0.05) is 17.3 Å². The van der Waals surface area contributed by atoms with Gasteiger partial charge < -0.3 is 19.9 Å². The van der Waals surface area contributed by atoms with Gasteiger partial charge in [-0.3, -0.25) is 0 Å². The number of carboxylic acid groups (broad SMARTS) is 1. The maximum Gasteiger partial charge on any atom is 0.339 e. The second-order valence-electron chi connectivity index (χ2n) is 7.45. The molecule has 1 aromatic heterocycles. The minimum absolute atomic E-state index is 0.0152. The van der Waals surface area contributed by atoms with E-state index in [4.69, 9.17) is 9.47 Å². The zero-order valence-electron chi connectivity index (χ0n) is 17.3. The zero-order chi connectivity index (χ0) is 22.7. The molecule has 4 rings (SSSR count). The molecule has 1 aliphatic heterocycles. The highest BCUT2D eigenvalue weighted by Crippen LogP contribution is 2.30. The lowest BCUT2D eigenvalue weighted by Gasteiger charge is -2.17. The topological polar surface area (TPSA) is 93.6 Å². The summed E-state index contributed by atoms with van der Waals surface area (Å²) in [6, 6.07) is 8.55. The number of aromatic nitrogens is 2. The van der Waals surface area contributed by atoms with Gasteiger partial charge in [0.1, 0.15) is 17.0 Å². The Hall–Kier alpha value is -3.75. The normalized spacial score (nSPS) is 16.2. The molecular weight excluding hydrogens is 420 g/mol. The van der Waals surface area contributed by atoms with Crippen LogP contribution in [0.25, 0.3) is 11.3 Å². The van der Waals surface area contributed by atoms with Crippen LogP contribution in [0.1, 0.15) is 36.5 Å². The lowest BCUT2D eigenvalue weighted by molar-refractivity contribution is 0.0689. The molecule has 0 radical (unpaired) electrons. The van der Waals surface area contributed by atoms with E-state index in [9.17, 15) is 18.7 Å². The fraction of sp³-hybridized carbons (Fsp3) is 0.261. The molecule has 0 spiro atoms. The van der Waals surface area contributed by atoms with E-state index in [1.807, 2.05) is 6.92 Å². The number of nitrogens with zero attached hydrogens (tertiary/aromatic N) is 2. The van der Waals surface area contributed by atoms with Crippen LogP contribution in [0, 0.1) is 11.6 Å². The third-order valence-electron chi connectivity index (χ3n) is 5.01. The molecule has 2 heterocycles. The highest BCUT2D eigenvalue weighted by atomic mass is 19.1. The summed E-state index contributed by atoms with van der Waals surface area (Å²) in [5, 5.41) is 12.4. The van der Waals surface area contributed by atoms with Crippen molar-refractivity contribution in [3.8, 4) is 22.8 Å². The van der Waals surface area contributed by atoms with Crippen molar-refractivity contribution in [2.75, 3.05) is 11.9 Å². The van der Waals surface area contributed by atoms with E-state index in [1.54, 1.807) is 12.1 Å². The summed E-state index contributed by atoms with van der Waals surface area (Å²) in [5.41, 5.74) is 0.814. The van der Waals surface area contributed by atoms with E-state index < -0.39 is 17.6 Å². The first-order valence-electron chi connectivity index (χ1n) is 10.2. The number of nitrogens with one attached hydrogen (secondary N) is 1. The van der Waals surface area contributed by atoms with E-state index in [2.05, 4.69) is 15.3 Å². The Morgan fingerprint density at radius 2 is 1.97 bits per heavy atom. The van der Waals surface area contributed by atoms with Crippen molar-refractivity contribution < 1.29 is 28.2 Å². The van der Waals surface area contributed by atoms with Crippen LogP contribution in [0.4, 0.5) is 20.4 Å². The predicted molar refractivity (Wildman–Crippen MR) is 114 cm³/mol. The first kappa shape index (κ1) is 21.5. The highest BCUT2D eigenvalue weighted by molar-refractivity contribution is 5.91. The predicted octanol–water partition coefficient (Wildman–Crippen LogP) is 5.19. The van der Waals surface area contributed by atoms with E-state index in [0.29, 0.717) is 24.1 Å². The molecular formula is C23H21F2N3O4. The van der Waals surface area contributed by atoms with Crippen LogP contribution < -0.4 is 14.8 Å². The van der Waals surface area contributed by atoms with Crippen molar-refractivity contribution in [2.24, 2.45) is 0 Å². The molecule has 1 atom stereocenters. The van der Waals surface area contributed by atoms with Crippen molar-refractivity contribution >= 4 is 17.6 Å². The van der Waals surface area contributed by atoms with Gasteiger partial charge in [0.2, 0.25) is 5.95 Å². The standard InChI is InChI=1S/C23H21F2N3O4/c1-13-4-2-3-9-31-20-10-14(5-8-17(20)24)21-18(25)12-26-23(28-21)27-15-6-7-16(22(29)30)19(11-15)32-13/h5-8,10-13H,2-4,9H2,1H3,(H,29,30)(H,26,27,28). The molecule has 7 nitrogen and oxygen atoms in total. The summed E-state index contributed by atoms with van der Waals surface area (Å²) in [5.74, 6) is -2.04. The molecule has 0 fully saturated rings. The molecule has 6 bridgehead atoms. The molecule has 0 amide bonds. The number of hydrogen-bond acceptors (Lipinski definition) is 6. The number of anilines is 2. The van der Waals surface area contributed by atoms with Crippen LogP contribution in [0.5, 0.6) is 11.5 Å². The van der Waals surface area contributed by atoms with Gasteiger partial charge in [-0.25, -0.2) is 23.5 Å². The lowest BCUT2D eigenvalue weighted by atomic mass is 10.1. The van der Waals surface area contributed by atoms with Crippen LogP contribution in [0.15, 0.2) is 42.6 Å². The molecule has 9 heteroatoms.